The fourth-order valence-electron chi connectivity index (χ4n) is 6.50. The molecule has 2 heterocycles. The third-order valence-electron chi connectivity index (χ3n) is 7.93. The topological polar surface area (TPSA) is 102 Å². The molecule has 2 aliphatic heterocycles. The summed E-state index contributed by atoms with van der Waals surface area (Å²) >= 11 is 0. The average molecular weight is 398 g/mol. The maximum Gasteiger partial charge on any atom is 0.325 e. The van der Waals surface area contributed by atoms with Crippen molar-refractivity contribution in [1.82, 2.24) is 4.90 Å². The molecule has 1 aromatic rings. The lowest BCUT2D eigenvalue weighted by Gasteiger charge is -2.62. The van der Waals surface area contributed by atoms with Crippen LogP contribution in [0.1, 0.15) is 43.2 Å². The zero-order valence-corrected chi connectivity index (χ0v) is 16.4. The predicted molar refractivity (Wildman–Crippen MR) is 103 cm³/mol. The van der Waals surface area contributed by atoms with E-state index in [2.05, 4.69) is 4.90 Å². The first-order valence-electron chi connectivity index (χ1n) is 10.7. The number of nitrogens with zero attached hydrogens (tertiary/aromatic N) is 1. The van der Waals surface area contributed by atoms with Gasteiger partial charge < -0.3 is 20.3 Å². The summed E-state index contributed by atoms with van der Waals surface area (Å²) in [6.45, 7) is 1.64. The highest BCUT2D eigenvalue weighted by atomic mass is 16.6. The van der Waals surface area contributed by atoms with Gasteiger partial charge >= 0.3 is 5.97 Å². The van der Waals surface area contributed by atoms with E-state index in [1.54, 1.807) is 6.07 Å². The molecule has 1 spiro atoms. The molecule has 2 saturated carbocycles. The Balaban J connectivity index is 1.52. The summed E-state index contributed by atoms with van der Waals surface area (Å²) in [5.74, 6) is 0.980. The van der Waals surface area contributed by atoms with Crippen LogP contribution in [0.3, 0.4) is 0 Å². The summed E-state index contributed by atoms with van der Waals surface area (Å²) < 4.78 is 11.6. The van der Waals surface area contributed by atoms with Crippen LogP contribution < -0.4 is 15.2 Å². The molecule has 154 valence electrons. The second-order valence-corrected chi connectivity index (χ2v) is 9.37. The molecule has 1 saturated heterocycles. The Bertz CT molecular complexity index is 928. The third-order valence-corrected chi connectivity index (χ3v) is 7.93. The van der Waals surface area contributed by atoms with Crippen LogP contribution in [0.4, 0.5) is 0 Å². The second-order valence-electron chi connectivity index (χ2n) is 9.37. The van der Waals surface area contributed by atoms with E-state index in [1.165, 1.54) is 12.8 Å². The SMILES string of the molecule is NCC(=O)Oc1ccc2c3c1OC1C(=O)CC[C@@]4(O)[C@@H](C2)N(CC2CC2)CC[C@]314. The van der Waals surface area contributed by atoms with Gasteiger partial charge in [0.2, 0.25) is 0 Å². The number of aliphatic hydroxyl groups is 1. The summed E-state index contributed by atoms with van der Waals surface area (Å²) in [5.41, 5.74) is 5.65. The maximum atomic E-state index is 12.9. The normalized spacial score (nSPS) is 37.1. The molecule has 1 aromatic carbocycles. The van der Waals surface area contributed by atoms with Crippen molar-refractivity contribution in [2.45, 2.75) is 61.7 Å². The molecule has 3 N–H and O–H groups in total. The number of esters is 1. The molecule has 2 bridgehead atoms. The summed E-state index contributed by atoms with van der Waals surface area (Å²) in [6.07, 6.45) is 4.02. The highest BCUT2D eigenvalue weighted by Gasteiger charge is 2.73. The molecule has 0 radical (unpaired) electrons. The molecule has 1 unspecified atom stereocenters. The van der Waals surface area contributed by atoms with E-state index in [9.17, 15) is 14.7 Å². The van der Waals surface area contributed by atoms with Crippen LogP contribution in [0.5, 0.6) is 11.5 Å². The second kappa shape index (κ2) is 5.80. The lowest BCUT2D eigenvalue weighted by molar-refractivity contribution is -0.188. The summed E-state index contributed by atoms with van der Waals surface area (Å²) in [4.78, 5) is 27.2. The van der Waals surface area contributed by atoms with Crippen molar-refractivity contribution in [3.05, 3.63) is 23.3 Å². The van der Waals surface area contributed by atoms with Gasteiger partial charge in [-0.15, -0.1) is 0 Å². The number of Topliss-reactive ketones (excluding diaryl/α,β-unsaturated/α-hetero) is 1. The van der Waals surface area contributed by atoms with E-state index in [0.29, 0.717) is 30.8 Å². The van der Waals surface area contributed by atoms with Crippen molar-refractivity contribution < 1.29 is 24.2 Å². The minimum absolute atomic E-state index is 0.00746. The van der Waals surface area contributed by atoms with Gasteiger partial charge in [0.05, 0.1) is 17.6 Å². The Morgan fingerprint density at radius 2 is 2.17 bits per heavy atom. The van der Waals surface area contributed by atoms with Gasteiger partial charge in [0.1, 0.15) is 0 Å². The number of ether oxygens (including phenoxy) is 2. The molecule has 4 atom stereocenters. The standard InChI is InChI=1S/C22H26N2O5/c23-10-17(26)28-15-4-3-13-9-16-22(27)6-5-14(25)20-21(22,18(13)19(15)29-20)7-8-24(16)11-12-1-2-12/h3-4,12,16,20,27H,1-2,5-11,23H2/t16-,20?,21+,22-/m1/s1. The largest absolute Gasteiger partial charge is 0.477 e. The van der Waals surface area contributed by atoms with E-state index < -0.39 is 23.1 Å². The van der Waals surface area contributed by atoms with Gasteiger partial charge in [-0.2, -0.15) is 0 Å². The zero-order chi connectivity index (χ0) is 20.0. The van der Waals surface area contributed by atoms with E-state index in [4.69, 9.17) is 15.2 Å². The van der Waals surface area contributed by atoms with Gasteiger partial charge in [-0.3, -0.25) is 14.5 Å². The number of benzene rings is 1. The van der Waals surface area contributed by atoms with Crippen LogP contribution >= 0.6 is 0 Å². The zero-order valence-electron chi connectivity index (χ0n) is 16.4. The number of hydrogen-bond acceptors (Lipinski definition) is 7. The van der Waals surface area contributed by atoms with Crippen molar-refractivity contribution in [1.29, 1.82) is 0 Å². The van der Waals surface area contributed by atoms with Gasteiger partial charge in [-0.1, -0.05) is 6.07 Å². The molecule has 3 fully saturated rings. The Morgan fingerprint density at radius 1 is 1.34 bits per heavy atom. The van der Waals surface area contributed by atoms with Gasteiger partial charge in [0, 0.05) is 24.6 Å². The first-order valence-corrected chi connectivity index (χ1v) is 10.7. The smallest absolute Gasteiger partial charge is 0.325 e. The van der Waals surface area contributed by atoms with Gasteiger partial charge in [-0.05, 0) is 56.2 Å². The van der Waals surface area contributed by atoms with E-state index in [-0.39, 0.29) is 18.4 Å². The van der Waals surface area contributed by atoms with Crippen LogP contribution in [-0.4, -0.2) is 59.1 Å². The number of rotatable bonds is 4. The number of hydrogen-bond donors (Lipinski definition) is 2. The molecule has 7 heteroatoms. The molecular formula is C22H26N2O5. The highest BCUT2D eigenvalue weighted by Crippen LogP contribution is 2.65. The van der Waals surface area contributed by atoms with Crippen LogP contribution in [-0.2, 0) is 21.4 Å². The Hall–Kier alpha value is -1.96. The van der Waals surface area contributed by atoms with Crippen molar-refractivity contribution in [3.8, 4) is 11.5 Å². The summed E-state index contributed by atoms with van der Waals surface area (Å²) in [6, 6.07) is 3.70. The number of ketones is 1. The van der Waals surface area contributed by atoms with Crippen molar-refractivity contribution in [3.63, 3.8) is 0 Å². The van der Waals surface area contributed by atoms with Gasteiger partial charge in [0.25, 0.3) is 0 Å². The average Bonchev–Trinajstić information content (AvgIpc) is 3.45. The summed E-state index contributed by atoms with van der Waals surface area (Å²) in [5, 5.41) is 12.2. The first kappa shape index (κ1) is 17.9. The molecule has 3 aliphatic carbocycles. The number of carbonyl (C=O) groups is 2. The molecule has 7 nitrogen and oxygen atoms in total. The van der Waals surface area contributed by atoms with Crippen LogP contribution in [0, 0.1) is 5.92 Å². The Labute approximate surface area is 169 Å². The molecule has 0 aromatic heterocycles. The molecule has 29 heavy (non-hydrogen) atoms. The Kier molecular flexibility index (Phi) is 3.57. The molecule has 5 aliphatic rings. The molecule has 0 amide bonds. The van der Waals surface area contributed by atoms with E-state index >= 15 is 0 Å². The lowest BCUT2D eigenvalue weighted by Crippen LogP contribution is -2.76. The quantitative estimate of drug-likeness (QED) is 0.568. The summed E-state index contributed by atoms with van der Waals surface area (Å²) in [7, 11) is 0. The van der Waals surface area contributed by atoms with Crippen molar-refractivity contribution in [2.24, 2.45) is 11.7 Å². The number of carbonyl (C=O) groups excluding carboxylic acids is 2. The fraction of sp³-hybridized carbons (Fsp3) is 0.636. The predicted octanol–water partition coefficient (Wildman–Crippen LogP) is 0.684. The van der Waals surface area contributed by atoms with Crippen LogP contribution in [0.25, 0.3) is 0 Å². The van der Waals surface area contributed by atoms with Gasteiger partial charge in [0.15, 0.2) is 23.4 Å². The number of nitrogens with two attached hydrogens (primary N) is 1. The highest BCUT2D eigenvalue weighted by molar-refractivity contribution is 5.90. The lowest BCUT2D eigenvalue weighted by atomic mass is 9.49. The van der Waals surface area contributed by atoms with Crippen LogP contribution in [0.15, 0.2) is 12.1 Å². The minimum Gasteiger partial charge on any atom is -0.477 e. The maximum absolute atomic E-state index is 12.9. The van der Waals surface area contributed by atoms with Gasteiger partial charge in [-0.25, -0.2) is 0 Å². The number of piperidine rings is 1. The minimum atomic E-state index is -1.01. The molecule has 6 rings (SSSR count). The Morgan fingerprint density at radius 3 is 2.93 bits per heavy atom. The third kappa shape index (κ3) is 2.18. The van der Waals surface area contributed by atoms with E-state index in [0.717, 1.165) is 36.6 Å². The molecular weight excluding hydrogens is 372 g/mol. The van der Waals surface area contributed by atoms with Crippen molar-refractivity contribution >= 4 is 11.8 Å². The van der Waals surface area contributed by atoms with E-state index in [1.807, 2.05) is 6.07 Å². The monoisotopic (exact) mass is 398 g/mol. The van der Waals surface area contributed by atoms with Crippen molar-refractivity contribution in [2.75, 3.05) is 19.6 Å². The number of likely N-dealkylation sites (tertiary alicyclic amines) is 1. The fourth-order valence-corrected chi connectivity index (χ4v) is 6.50. The van der Waals surface area contributed by atoms with Crippen LogP contribution in [0.2, 0.25) is 0 Å². The first-order chi connectivity index (χ1) is 14.0.